The maximum Gasteiger partial charge on any atom is 0.173 e. The summed E-state index contributed by atoms with van der Waals surface area (Å²) < 4.78 is 0. The molecular formula is C15H20N4O. The molecule has 0 aliphatic heterocycles. The van der Waals surface area contributed by atoms with Gasteiger partial charge in [0, 0.05) is 19.0 Å². The highest BCUT2D eigenvalue weighted by atomic mass is 16.4. The number of hydrogen-bond acceptors (Lipinski definition) is 4. The average molecular weight is 272 g/mol. The highest BCUT2D eigenvalue weighted by Gasteiger charge is 2.15. The molecule has 0 saturated heterocycles. The Labute approximate surface area is 118 Å². The topological polar surface area (TPSA) is 74.7 Å². The first-order chi connectivity index (χ1) is 9.52. The average Bonchev–Trinajstić information content (AvgIpc) is 2.44. The summed E-state index contributed by atoms with van der Waals surface area (Å²) in [6, 6.07) is 9.71. The number of pyridine rings is 1. The second-order valence-corrected chi connectivity index (χ2v) is 5.31. The summed E-state index contributed by atoms with van der Waals surface area (Å²) in [5.41, 5.74) is 7.33. The van der Waals surface area contributed by atoms with Crippen molar-refractivity contribution in [2.45, 2.75) is 13.8 Å². The van der Waals surface area contributed by atoms with Crippen LogP contribution in [-0.4, -0.2) is 29.6 Å². The lowest BCUT2D eigenvalue weighted by Crippen LogP contribution is -2.27. The van der Waals surface area contributed by atoms with Crippen molar-refractivity contribution in [2.75, 3.05) is 18.5 Å². The number of nitrogens with two attached hydrogens (primary N) is 1. The quantitative estimate of drug-likeness (QED) is 0.388. The van der Waals surface area contributed by atoms with E-state index in [0.29, 0.717) is 11.5 Å². The van der Waals surface area contributed by atoms with Gasteiger partial charge in [0.2, 0.25) is 0 Å². The molecule has 0 fully saturated rings. The fraction of sp³-hybridized carbons (Fsp3) is 0.333. The van der Waals surface area contributed by atoms with E-state index in [2.05, 4.69) is 24.0 Å². The van der Waals surface area contributed by atoms with Gasteiger partial charge >= 0.3 is 0 Å². The summed E-state index contributed by atoms with van der Waals surface area (Å²) >= 11 is 0. The zero-order valence-corrected chi connectivity index (χ0v) is 12.0. The smallest absolute Gasteiger partial charge is 0.173 e. The zero-order chi connectivity index (χ0) is 14.7. The van der Waals surface area contributed by atoms with E-state index >= 15 is 0 Å². The van der Waals surface area contributed by atoms with Gasteiger partial charge in [-0.25, -0.2) is 4.98 Å². The summed E-state index contributed by atoms with van der Waals surface area (Å²) in [4.78, 5) is 6.68. The molecule has 20 heavy (non-hydrogen) atoms. The predicted molar refractivity (Wildman–Crippen MR) is 82.4 cm³/mol. The number of fused-ring (bicyclic) bond motifs is 1. The molecule has 0 aliphatic carbocycles. The number of rotatable bonds is 4. The first-order valence-electron chi connectivity index (χ1n) is 6.61. The minimum Gasteiger partial charge on any atom is -0.409 e. The third kappa shape index (κ3) is 2.82. The van der Waals surface area contributed by atoms with Crippen LogP contribution in [0.3, 0.4) is 0 Å². The van der Waals surface area contributed by atoms with Gasteiger partial charge in [-0.15, -0.1) is 0 Å². The van der Waals surface area contributed by atoms with Crippen LogP contribution in [0, 0.1) is 5.92 Å². The number of nitrogens with zero attached hydrogens (tertiary/aromatic N) is 3. The van der Waals surface area contributed by atoms with Crippen molar-refractivity contribution in [1.82, 2.24) is 4.98 Å². The lowest BCUT2D eigenvalue weighted by Gasteiger charge is -2.23. The Kier molecular flexibility index (Phi) is 4.08. The van der Waals surface area contributed by atoms with Gasteiger partial charge in [-0.05, 0) is 18.1 Å². The third-order valence-electron chi connectivity index (χ3n) is 3.09. The van der Waals surface area contributed by atoms with Gasteiger partial charge in [-0.3, -0.25) is 0 Å². The number of aromatic nitrogens is 1. The maximum atomic E-state index is 8.97. The molecule has 0 unspecified atom stereocenters. The van der Waals surface area contributed by atoms with Gasteiger partial charge in [-0.1, -0.05) is 37.2 Å². The molecule has 0 bridgehead atoms. The summed E-state index contributed by atoms with van der Waals surface area (Å²) in [5, 5.41) is 13.0. The largest absolute Gasteiger partial charge is 0.409 e. The van der Waals surface area contributed by atoms with E-state index in [-0.39, 0.29) is 5.84 Å². The van der Waals surface area contributed by atoms with E-state index in [9.17, 15) is 0 Å². The normalized spacial score (nSPS) is 12.1. The van der Waals surface area contributed by atoms with Crippen molar-refractivity contribution in [2.24, 2.45) is 16.8 Å². The van der Waals surface area contributed by atoms with Crippen LogP contribution in [0.15, 0.2) is 35.5 Å². The second kappa shape index (κ2) is 5.77. The minimum atomic E-state index is 0.0776. The Morgan fingerprint density at radius 2 is 2.10 bits per heavy atom. The molecule has 1 aromatic carbocycles. The lowest BCUT2D eigenvalue weighted by molar-refractivity contribution is 0.318. The fourth-order valence-electron chi connectivity index (χ4n) is 2.27. The van der Waals surface area contributed by atoms with Crippen LogP contribution < -0.4 is 10.6 Å². The minimum absolute atomic E-state index is 0.0776. The van der Waals surface area contributed by atoms with Crippen molar-refractivity contribution < 1.29 is 5.21 Å². The Bertz CT molecular complexity index is 637. The van der Waals surface area contributed by atoms with Crippen LogP contribution in [-0.2, 0) is 0 Å². The standard InChI is InChI=1S/C15H20N4O/c1-10(2)9-19(3)15-12(14(16)18-20)8-11-6-4-5-7-13(11)17-15/h4-8,10,20H,9H2,1-3H3,(H2,16,18). The van der Waals surface area contributed by atoms with Gasteiger partial charge in [0.05, 0.1) is 11.1 Å². The molecule has 0 radical (unpaired) electrons. The molecule has 0 atom stereocenters. The van der Waals surface area contributed by atoms with Crippen molar-refractivity contribution in [3.63, 3.8) is 0 Å². The van der Waals surface area contributed by atoms with E-state index in [1.807, 2.05) is 42.3 Å². The van der Waals surface area contributed by atoms with Crippen LogP contribution in [0.2, 0.25) is 0 Å². The van der Waals surface area contributed by atoms with E-state index in [0.717, 1.165) is 23.3 Å². The molecule has 0 spiro atoms. The van der Waals surface area contributed by atoms with Gasteiger partial charge in [0.15, 0.2) is 5.84 Å². The summed E-state index contributed by atoms with van der Waals surface area (Å²) in [7, 11) is 1.96. The van der Waals surface area contributed by atoms with E-state index in [4.69, 9.17) is 10.9 Å². The van der Waals surface area contributed by atoms with E-state index < -0.39 is 0 Å². The molecule has 1 heterocycles. The number of hydrogen-bond donors (Lipinski definition) is 2. The summed E-state index contributed by atoms with van der Waals surface area (Å²) in [6.45, 7) is 5.12. The van der Waals surface area contributed by atoms with E-state index in [1.54, 1.807) is 0 Å². The molecule has 0 aliphatic rings. The number of anilines is 1. The number of amidine groups is 1. The Morgan fingerprint density at radius 3 is 2.75 bits per heavy atom. The maximum absolute atomic E-state index is 8.97. The zero-order valence-electron chi connectivity index (χ0n) is 12.0. The number of benzene rings is 1. The van der Waals surface area contributed by atoms with Crippen LogP contribution in [0.25, 0.3) is 10.9 Å². The van der Waals surface area contributed by atoms with Crippen LogP contribution >= 0.6 is 0 Å². The summed E-state index contributed by atoms with van der Waals surface area (Å²) in [6.07, 6.45) is 0. The van der Waals surface area contributed by atoms with Crippen molar-refractivity contribution in [3.8, 4) is 0 Å². The SMILES string of the molecule is CC(C)CN(C)c1nc2ccccc2cc1C(N)=NO. The lowest BCUT2D eigenvalue weighted by atomic mass is 10.1. The third-order valence-corrected chi connectivity index (χ3v) is 3.09. The summed E-state index contributed by atoms with van der Waals surface area (Å²) in [5.74, 6) is 1.30. The molecule has 2 rings (SSSR count). The van der Waals surface area contributed by atoms with Crippen LogP contribution in [0.1, 0.15) is 19.4 Å². The fourth-order valence-corrected chi connectivity index (χ4v) is 2.27. The van der Waals surface area contributed by atoms with Gasteiger partial charge in [0.25, 0.3) is 0 Å². The molecule has 5 heteroatoms. The molecule has 0 saturated carbocycles. The molecule has 106 valence electrons. The first-order valence-corrected chi connectivity index (χ1v) is 6.61. The van der Waals surface area contributed by atoms with Crippen LogP contribution in [0.5, 0.6) is 0 Å². The van der Waals surface area contributed by atoms with E-state index in [1.165, 1.54) is 0 Å². The Hall–Kier alpha value is -2.30. The van der Waals surface area contributed by atoms with Gasteiger partial charge in [0.1, 0.15) is 5.82 Å². The Morgan fingerprint density at radius 1 is 1.40 bits per heavy atom. The van der Waals surface area contributed by atoms with Crippen molar-refractivity contribution >= 4 is 22.6 Å². The van der Waals surface area contributed by atoms with Crippen molar-refractivity contribution in [3.05, 3.63) is 35.9 Å². The van der Waals surface area contributed by atoms with Gasteiger partial charge in [-0.2, -0.15) is 0 Å². The monoisotopic (exact) mass is 272 g/mol. The molecule has 1 aromatic heterocycles. The predicted octanol–water partition coefficient (Wildman–Crippen LogP) is 2.42. The highest BCUT2D eigenvalue weighted by Crippen LogP contribution is 2.23. The number of oxime groups is 1. The van der Waals surface area contributed by atoms with Crippen molar-refractivity contribution in [1.29, 1.82) is 0 Å². The second-order valence-electron chi connectivity index (χ2n) is 5.31. The number of para-hydroxylation sites is 1. The molecule has 3 N–H and O–H groups in total. The molecule has 5 nitrogen and oxygen atoms in total. The molecular weight excluding hydrogens is 252 g/mol. The molecule has 0 amide bonds. The molecule has 2 aromatic rings. The van der Waals surface area contributed by atoms with Gasteiger partial charge < -0.3 is 15.8 Å². The van der Waals surface area contributed by atoms with Crippen LogP contribution in [0.4, 0.5) is 5.82 Å². The Balaban J connectivity index is 2.59. The highest BCUT2D eigenvalue weighted by molar-refractivity contribution is 6.04. The first kappa shape index (κ1) is 14.1.